The molecule has 0 aliphatic heterocycles. The lowest BCUT2D eigenvalue weighted by Crippen LogP contribution is -2.15. The van der Waals surface area contributed by atoms with Crippen LogP contribution in [0.2, 0.25) is 0 Å². The number of ketones is 1. The average molecular weight is 311 g/mol. The lowest BCUT2D eigenvalue weighted by Gasteiger charge is -2.15. The summed E-state index contributed by atoms with van der Waals surface area (Å²) >= 11 is 0. The molecular formula is C13H11F6NO. The van der Waals surface area contributed by atoms with Crippen molar-refractivity contribution in [2.24, 2.45) is 5.73 Å². The molecule has 0 spiro atoms. The summed E-state index contributed by atoms with van der Waals surface area (Å²) in [6.45, 7) is 1.37. The Bertz CT molecular complexity index is 567. The van der Waals surface area contributed by atoms with E-state index >= 15 is 0 Å². The molecule has 2 nitrogen and oxygen atoms in total. The Balaban J connectivity index is 3.27. The van der Waals surface area contributed by atoms with Crippen LogP contribution in [0.3, 0.4) is 0 Å². The molecule has 8 heteroatoms. The van der Waals surface area contributed by atoms with Gasteiger partial charge in [-0.1, -0.05) is 6.07 Å². The zero-order valence-corrected chi connectivity index (χ0v) is 10.8. The number of halogens is 6. The molecule has 0 radical (unpaired) electrons. The quantitative estimate of drug-likeness (QED) is 0.683. The van der Waals surface area contributed by atoms with Crippen LogP contribution in [0, 0.1) is 0 Å². The zero-order chi connectivity index (χ0) is 16.4. The van der Waals surface area contributed by atoms with Gasteiger partial charge in [-0.05, 0) is 30.7 Å². The number of alkyl halides is 6. The fourth-order valence-electron chi connectivity index (χ4n) is 1.66. The Labute approximate surface area is 116 Å². The van der Waals surface area contributed by atoms with Crippen LogP contribution in [0.4, 0.5) is 26.3 Å². The Morgan fingerprint density at radius 1 is 1.14 bits per heavy atom. The highest BCUT2D eigenvalue weighted by Crippen LogP contribution is 2.37. The molecule has 0 saturated heterocycles. The lowest BCUT2D eigenvalue weighted by molar-refractivity contribution is -0.143. The maximum atomic E-state index is 12.8. The lowest BCUT2D eigenvalue weighted by atomic mass is 9.98. The zero-order valence-electron chi connectivity index (χ0n) is 10.8. The summed E-state index contributed by atoms with van der Waals surface area (Å²) in [4.78, 5) is 11.4. The van der Waals surface area contributed by atoms with Crippen molar-refractivity contribution >= 4 is 5.78 Å². The van der Waals surface area contributed by atoms with E-state index in [0.29, 0.717) is 12.1 Å². The summed E-state index contributed by atoms with van der Waals surface area (Å²) in [6, 6.07) is 1.17. The summed E-state index contributed by atoms with van der Waals surface area (Å²) in [5.74, 6) is -0.722. The number of nitrogens with two attached hydrogens (primary N) is 1. The monoisotopic (exact) mass is 311 g/mol. The second kappa shape index (κ2) is 5.79. The first-order chi connectivity index (χ1) is 9.41. The van der Waals surface area contributed by atoms with Crippen LogP contribution >= 0.6 is 0 Å². The molecule has 1 aromatic carbocycles. The second-order valence-corrected chi connectivity index (χ2v) is 4.40. The third-order valence-corrected chi connectivity index (χ3v) is 2.50. The van der Waals surface area contributed by atoms with Crippen LogP contribution in [0.5, 0.6) is 0 Å². The summed E-state index contributed by atoms with van der Waals surface area (Å²) in [5.41, 5.74) is 1.89. The van der Waals surface area contributed by atoms with E-state index in [9.17, 15) is 31.1 Å². The Hall–Kier alpha value is -1.99. The number of rotatable bonds is 3. The van der Waals surface area contributed by atoms with Gasteiger partial charge >= 0.3 is 12.4 Å². The van der Waals surface area contributed by atoms with Gasteiger partial charge in [0.1, 0.15) is 0 Å². The van der Waals surface area contributed by atoms with Crippen LogP contribution in [0.25, 0.3) is 0 Å². The second-order valence-electron chi connectivity index (χ2n) is 4.40. The number of carbonyl (C=O) groups is 1. The smallest absolute Gasteiger partial charge is 0.402 e. The van der Waals surface area contributed by atoms with Crippen molar-refractivity contribution in [2.75, 3.05) is 0 Å². The first-order valence-electron chi connectivity index (χ1n) is 5.65. The van der Waals surface area contributed by atoms with Gasteiger partial charge in [0.15, 0.2) is 5.78 Å². The minimum atomic E-state index is -4.99. The van der Waals surface area contributed by atoms with Gasteiger partial charge in [-0.2, -0.15) is 26.3 Å². The van der Waals surface area contributed by atoms with E-state index in [-0.39, 0.29) is 11.8 Å². The molecule has 1 aromatic rings. The topological polar surface area (TPSA) is 43.1 Å². The minimum absolute atomic E-state index is 0.00162. The highest BCUT2D eigenvalue weighted by atomic mass is 19.4. The first kappa shape index (κ1) is 17.1. The van der Waals surface area contributed by atoms with Crippen molar-refractivity contribution in [3.8, 4) is 0 Å². The molecule has 0 amide bonds. The van der Waals surface area contributed by atoms with Crippen LogP contribution in [0.15, 0.2) is 30.0 Å². The van der Waals surface area contributed by atoms with Crippen molar-refractivity contribution in [1.82, 2.24) is 0 Å². The number of hydrogen-bond donors (Lipinski definition) is 1. The third kappa shape index (κ3) is 4.80. The molecule has 0 bridgehead atoms. The minimum Gasteiger partial charge on any atom is -0.402 e. The van der Waals surface area contributed by atoms with Gasteiger partial charge in [-0.25, -0.2) is 0 Å². The van der Waals surface area contributed by atoms with Gasteiger partial charge in [0.2, 0.25) is 0 Å². The van der Waals surface area contributed by atoms with E-state index in [1.165, 1.54) is 6.92 Å². The van der Waals surface area contributed by atoms with Crippen molar-refractivity contribution in [1.29, 1.82) is 0 Å². The van der Waals surface area contributed by atoms with Crippen LogP contribution in [-0.2, 0) is 23.6 Å². The molecule has 0 aromatic heterocycles. The van der Waals surface area contributed by atoms with Gasteiger partial charge in [0.05, 0.1) is 11.1 Å². The first-order valence-corrected chi connectivity index (χ1v) is 5.65. The van der Waals surface area contributed by atoms with Crippen molar-refractivity contribution in [3.63, 3.8) is 0 Å². The van der Waals surface area contributed by atoms with Crippen LogP contribution in [0.1, 0.15) is 23.6 Å². The molecule has 0 aliphatic carbocycles. The van der Waals surface area contributed by atoms with Gasteiger partial charge in [0.25, 0.3) is 0 Å². The van der Waals surface area contributed by atoms with Crippen molar-refractivity contribution < 1.29 is 31.1 Å². The van der Waals surface area contributed by atoms with E-state index in [2.05, 4.69) is 0 Å². The van der Waals surface area contributed by atoms with E-state index in [4.69, 9.17) is 5.73 Å². The van der Waals surface area contributed by atoms with Gasteiger partial charge in [-0.3, -0.25) is 4.79 Å². The predicted molar refractivity (Wildman–Crippen MR) is 63.1 cm³/mol. The van der Waals surface area contributed by atoms with Gasteiger partial charge in [-0.15, -0.1) is 0 Å². The third-order valence-electron chi connectivity index (χ3n) is 2.50. The van der Waals surface area contributed by atoms with Crippen LogP contribution in [-0.4, -0.2) is 5.78 Å². The number of carbonyl (C=O) groups excluding carboxylic acids is 1. The fourth-order valence-corrected chi connectivity index (χ4v) is 1.66. The molecule has 0 heterocycles. The van der Waals surface area contributed by atoms with E-state index < -0.39 is 41.2 Å². The normalized spacial score (nSPS) is 13.4. The van der Waals surface area contributed by atoms with E-state index in [1.54, 1.807) is 0 Å². The largest absolute Gasteiger partial charge is 0.416 e. The molecule has 1 rings (SSSR count). The molecule has 0 fully saturated rings. The fraction of sp³-hybridized carbons (Fsp3) is 0.308. The van der Waals surface area contributed by atoms with Crippen molar-refractivity contribution in [3.05, 3.63) is 46.7 Å². The van der Waals surface area contributed by atoms with E-state index in [1.807, 2.05) is 0 Å². The Morgan fingerprint density at radius 3 is 2.14 bits per heavy atom. The molecule has 2 N–H and O–H groups in total. The summed E-state index contributed by atoms with van der Waals surface area (Å²) in [6.07, 6.45) is -9.63. The highest BCUT2D eigenvalue weighted by Gasteiger charge is 2.38. The SMILES string of the molecule is C/C(N)=C/C(=O)Cc1ccc(C(F)(F)F)cc1C(F)(F)F. The maximum absolute atomic E-state index is 12.8. The Morgan fingerprint density at radius 2 is 1.71 bits per heavy atom. The van der Waals surface area contributed by atoms with Crippen LogP contribution < -0.4 is 5.73 Å². The van der Waals surface area contributed by atoms with E-state index in [0.717, 1.165) is 6.08 Å². The molecule has 0 atom stereocenters. The molecule has 0 unspecified atom stereocenters. The average Bonchev–Trinajstić information content (AvgIpc) is 2.24. The van der Waals surface area contributed by atoms with Gasteiger partial charge in [0, 0.05) is 12.1 Å². The highest BCUT2D eigenvalue weighted by molar-refractivity contribution is 5.92. The summed E-state index contributed by atoms with van der Waals surface area (Å²) < 4.78 is 75.8. The molecule has 116 valence electrons. The van der Waals surface area contributed by atoms with Crippen molar-refractivity contribution in [2.45, 2.75) is 25.7 Å². The summed E-state index contributed by atoms with van der Waals surface area (Å²) in [5, 5.41) is 0. The molecule has 0 aliphatic rings. The number of hydrogen-bond acceptors (Lipinski definition) is 2. The number of allylic oxidation sites excluding steroid dienone is 2. The Kier molecular flexibility index (Phi) is 4.70. The molecular weight excluding hydrogens is 300 g/mol. The summed E-state index contributed by atoms with van der Waals surface area (Å²) in [7, 11) is 0. The number of benzene rings is 1. The predicted octanol–water partition coefficient (Wildman–Crippen LogP) is 3.70. The molecule has 21 heavy (non-hydrogen) atoms. The van der Waals surface area contributed by atoms with Gasteiger partial charge < -0.3 is 5.73 Å². The maximum Gasteiger partial charge on any atom is 0.416 e. The standard InChI is InChI=1S/C13H11F6NO/c1-7(20)4-10(21)5-8-2-3-9(12(14,15)16)6-11(8)13(17,18)19/h2-4,6H,5,20H2,1H3/b7-4-. The molecule has 0 saturated carbocycles.